The molecule has 0 atom stereocenters. The summed E-state index contributed by atoms with van der Waals surface area (Å²) in [5.41, 5.74) is 1.70. The standard InChI is InChI=1S/C15H16Br2N2O2/c16-11-5-9-10(7-18-13(9)6-12(11)17)14(21)19-8-15(1-2-15)3-4-20/h5-7,18,20H,1-4,8H2,(H,19,21). The van der Waals surface area contributed by atoms with Crippen molar-refractivity contribution in [3.8, 4) is 0 Å². The first-order valence-electron chi connectivity index (χ1n) is 6.90. The fraction of sp³-hybridized carbons (Fsp3) is 0.400. The van der Waals surface area contributed by atoms with Gasteiger partial charge in [0, 0.05) is 39.2 Å². The highest BCUT2D eigenvalue weighted by molar-refractivity contribution is 9.13. The van der Waals surface area contributed by atoms with Crippen LogP contribution >= 0.6 is 31.9 Å². The highest BCUT2D eigenvalue weighted by Gasteiger charge is 2.41. The molecule has 6 heteroatoms. The van der Waals surface area contributed by atoms with Crippen molar-refractivity contribution in [3.63, 3.8) is 0 Å². The van der Waals surface area contributed by atoms with E-state index in [0.717, 1.165) is 39.1 Å². The zero-order valence-electron chi connectivity index (χ0n) is 11.4. The lowest BCUT2D eigenvalue weighted by Crippen LogP contribution is -2.30. The number of aromatic nitrogens is 1. The Morgan fingerprint density at radius 1 is 1.33 bits per heavy atom. The molecule has 1 saturated carbocycles. The molecule has 21 heavy (non-hydrogen) atoms. The summed E-state index contributed by atoms with van der Waals surface area (Å²) in [6.45, 7) is 0.820. The van der Waals surface area contributed by atoms with E-state index in [9.17, 15) is 4.79 Å². The van der Waals surface area contributed by atoms with Crippen LogP contribution in [0.15, 0.2) is 27.3 Å². The van der Waals surface area contributed by atoms with E-state index in [2.05, 4.69) is 42.2 Å². The van der Waals surface area contributed by atoms with Gasteiger partial charge >= 0.3 is 0 Å². The fourth-order valence-electron chi connectivity index (χ4n) is 2.60. The number of amides is 1. The minimum atomic E-state index is -0.0697. The molecule has 1 aromatic carbocycles. The summed E-state index contributed by atoms with van der Waals surface area (Å²) in [6, 6.07) is 3.88. The summed E-state index contributed by atoms with van der Waals surface area (Å²) in [5, 5.41) is 13.0. The third-order valence-electron chi connectivity index (χ3n) is 4.19. The van der Waals surface area contributed by atoms with Crippen LogP contribution in [-0.2, 0) is 0 Å². The number of fused-ring (bicyclic) bond motifs is 1. The SMILES string of the molecule is O=C(NCC1(CCO)CC1)c1c[nH]c2cc(Br)c(Br)cc12. The zero-order valence-corrected chi connectivity index (χ0v) is 14.6. The largest absolute Gasteiger partial charge is 0.396 e. The number of carbonyl (C=O) groups excluding carboxylic acids is 1. The predicted molar refractivity (Wildman–Crippen MR) is 89.4 cm³/mol. The van der Waals surface area contributed by atoms with Crippen molar-refractivity contribution in [1.82, 2.24) is 10.3 Å². The molecule has 0 radical (unpaired) electrons. The van der Waals surface area contributed by atoms with Gasteiger partial charge in [-0.3, -0.25) is 4.79 Å². The van der Waals surface area contributed by atoms with Gasteiger partial charge in [0.15, 0.2) is 0 Å². The molecule has 1 aliphatic rings. The first-order chi connectivity index (χ1) is 10.0. The number of carbonyl (C=O) groups is 1. The Morgan fingerprint density at radius 2 is 2.05 bits per heavy atom. The monoisotopic (exact) mass is 414 g/mol. The number of H-pyrrole nitrogens is 1. The molecule has 1 aromatic heterocycles. The second-order valence-electron chi connectivity index (χ2n) is 5.67. The third-order valence-corrected chi connectivity index (χ3v) is 6.03. The molecule has 3 rings (SSSR count). The molecule has 4 nitrogen and oxygen atoms in total. The number of aromatic amines is 1. The average molecular weight is 416 g/mol. The van der Waals surface area contributed by atoms with Crippen LogP contribution in [0.1, 0.15) is 29.6 Å². The molecule has 0 aliphatic heterocycles. The summed E-state index contributed by atoms with van der Waals surface area (Å²) >= 11 is 6.92. The normalized spacial score (nSPS) is 16.1. The van der Waals surface area contributed by atoms with Crippen molar-refractivity contribution in [3.05, 3.63) is 32.8 Å². The number of benzene rings is 1. The molecule has 0 spiro atoms. The van der Waals surface area contributed by atoms with Crippen LogP contribution in [0.3, 0.4) is 0 Å². The number of aliphatic hydroxyl groups is 1. The summed E-state index contributed by atoms with van der Waals surface area (Å²) < 4.78 is 1.87. The minimum absolute atomic E-state index is 0.0697. The van der Waals surface area contributed by atoms with E-state index in [4.69, 9.17) is 5.11 Å². The van der Waals surface area contributed by atoms with Gasteiger partial charge in [-0.2, -0.15) is 0 Å². The van der Waals surface area contributed by atoms with Crippen LogP contribution in [0.25, 0.3) is 10.9 Å². The minimum Gasteiger partial charge on any atom is -0.396 e. The van der Waals surface area contributed by atoms with E-state index in [0.29, 0.717) is 12.1 Å². The number of hydrogen-bond acceptors (Lipinski definition) is 2. The number of halogens is 2. The van der Waals surface area contributed by atoms with Gasteiger partial charge in [0.1, 0.15) is 0 Å². The highest BCUT2D eigenvalue weighted by atomic mass is 79.9. The predicted octanol–water partition coefficient (Wildman–Crippen LogP) is 3.59. The van der Waals surface area contributed by atoms with E-state index >= 15 is 0 Å². The number of rotatable bonds is 5. The Labute approximate surface area is 139 Å². The topological polar surface area (TPSA) is 65.1 Å². The van der Waals surface area contributed by atoms with E-state index < -0.39 is 0 Å². The van der Waals surface area contributed by atoms with E-state index in [1.165, 1.54) is 0 Å². The molecular formula is C15H16Br2N2O2. The van der Waals surface area contributed by atoms with E-state index in [-0.39, 0.29) is 17.9 Å². The van der Waals surface area contributed by atoms with Crippen LogP contribution in [0, 0.1) is 5.41 Å². The molecule has 0 bridgehead atoms. The first-order valence-corrected chi connectivity index (χ1v) is 8.48. The number of nitrogens with one attached hydrogen (secondary N) is 2. The molecule has 112 valence electrons. The molecule has 0 unspecified atom stereocenters. The summed E-state index contributed by atoms with van der Waals surface area (Å²) in [4.78, 5) is 15.5. The molecule has 2 aromatic rings. The lowest BCUT2D eigenvalue weighted by molar-refractivity contribution is 0.0942. The van der Waals surface area contributed by atoms with Crippen molar-refractivity contribution in [2.45, 2.75) is 19.3 Å². The fourth-order valence-corrected chi connectivity index (χ4v) is 3.28. The van der Waals surface area contributed by atoms with Gasteiger partial charge in [-0.15, -0.1) is 0 Å². The quantitative estimate of drug-likeness (QED) is 0.698. The van der Waals surface area contributed by atoms with E-state index in [1.54, 1.807) is 6.20 Å². The maximum Gasteiger partial charge on any atom is 0.253 e. The maximum absolute atomic E-state index is 12.4. The zero-order chi connectivity index (χ0) is 15.0. The Kier molecular flexibility index (Phi) is 4.12. The van der Waals surface area contributed by atoms with Crippen LogP contribution < -0.4 is 5.32 Å². The molecular weight excluding hydrogens is 400 g/mol. The van der Waals surface area contributed by atoms with Crippen molar-refractivity contribution in [2.24, 2.45) is 5.41 Å². The first kappa shape index (κ1) is 15.1. The molecule has 1 aliphatic carbocycles. The van der Waals surface area contributed by atoms with E-state index in [1.807, 2.05) is 12.1 Å². The molecule has 1 amide bonds. The average Bonchev–Trinajstić information content (AvgIpc) is 3.11. The Balaban J connectivity index is 1.77. The number of aliphatic hydroxyl groups excluding tert-OH is 1. The van der Waals surface area contributed by atoms with Crippen molar-refractivity contribution < 1.29 is 9.90 Å². The van der Waals surface area contributed by atoms with Crippen LogP contribution in [0.4, 0.5) is 0 Å². The van der Waals surface area contributed by atoms with Crippen LogP contribution in [-0.4, -0.2) is 29.1 Å². The lowest BCUT2D eigenvalue weighted by Gasteiger charge is -2.14. The summed E-state index contributed by atoms with van der Waals surface area (Å²) in [6.07, 6.45) is 4.67. The molecule has 0 saturated heterocycles. The van der Waals surface area contributed by atoms with Gasteiger partial charge in [0.05, 0.1) is 5.56 Å². The van der Waals surface area contributed by atoms with Gasteiger partial charge in [0.25, 0.3) is 5.91 Å². The molecule has 3 N–H and O–H groups in total. The summed E-state index contributed by atoms with van der Waals surface area (Å²) in [7, 11) is 0. The molecule has 1 heterocycles. The highest BCUT2D eigenvalue weighted by Crippen LogP contribution is 2.47. The molecule has 1 fully saturated rings. The van der Waals surface area contributed by atoms with Crippen molar-refractivity contribution >= 4 is 48.7 Å². The van der Waals surface area contributed by atoms with Gasteiger partial charge in [-0.25, -0.2) is 0 Å². The Hall–Kier alpha value is -0.850. The van der Waals surface area contributed by atoms with Crippen molar-refractivity contribution in [1.29, 1.82) is 0 Å². The lowest BCUT2D eigenvalue weighted by atomic mass is 10.0. The number of hydrogen-bond donors (Lipinski definition) is 3. The Bertz CT molecular complexity index is 692. The van der Waals surface area contributed by atoms with Gasteiger partial charge < -0.3 is 15.4 Å². The third kappa shape index (κ3) is 3.03. The van der Waals surface area contributed by atoms with Crippen molar-refractivity contribution in [2.75, 3.05) is 13.2 Å². The van der Waals surface area contributed by atoms with Crippen LogP contribution in [0.2, 0.25) is 0 Å². The van der Waals surface area contributed by atoms with Crippen LogP contribution in [0.5, 0.6) is 0 Å². The second kappa shape index (κ2) is 5.74. The Morgan fingerprint density at radius 3 is 2.71 bits per heavy atom. The smallest absolute Gasteiger partial charge is 0.253 e. The summed E-state index contributed by atoms with van der Waals surface area (Å²) in [5.74, 6) is -0.0697. The van der Waals surface area contributed by atoms with Gasteiger partial charge in [-0.05, 0) is 68.7 Å². The van der Waals surface area contributed by atoms with Gasteiger partial charge in [0.2, 0.25) is 0 Å². The maximum atomic E-state index is 12.4. The second-order valence-corrected chi connectivity index (χ2v) is 7.38. The van der Waals surface area contributed by atoms with Gasteiger partial charge in [-0.1, -0.05) is 0 Å².